The van der Waals surface area contributed by atoms with E-state index in [9.17, 15) is 4.79 Å². The van der Waals surface area contributed by atoms with Crippen molar-refractivity contribution in [2.45, 2.75) is 19.8 Å². The second-order valence-corrected chi connectivity index (χ2v) is 4.39. The summed E-state index contributed by atoms with van der Waals surface area (Å²) in [5.74, 6) is -0.344. The first-order valence-corrected chi connectivity index (χ1v) is 6.32. The summed E-state index contributed by atoms with van der Waals surface area (Å²) in [4.78, 5) is 16.1. The van der Waals surface area contributed by atoms with E-state index < -0.39 is 0 Å². The SMILES string of the molecule is CCCCOC(=O)c1cc(Cl)nc2ccccc12. The third kappa shape index (κ3) is 2.79. The van der Waals surface area contributed by atoms with Gasteiger partial charge in [-0.25, -0.2) is 9.78 Å². The number of benzene rings is 1. The summed E-state index contributed by atoms with van der Waals surface area (Å²) in [5.41, 5.74) is 1.18. The van der Waals surface area contributed by atoms with E-state index in [2.05, 4.69) is 4.98 Å². The van der Waals surface area contributed by atoms with E-state index in [1.165, 1.54) is 0 Å². The monoisotopic (exact) mass is 263 g/mol. The Bertz CT molecular complexity index is 569. The van der Waals surface area contributed by atoms with Gasteiger partial charge in [-0.15, -0.1) is 0 Å². The minimum Gasteiger partial charge on any atom is -0.462 e. The molecule has 1 heterocycles. The van der Waals surface area contributed by atoms with Crippen molar-refractivity contribution in [2.75, 3.05) is 6.61 Å². The number of carbonyl (C=O) groups excluding carboxylic acids is 1. The molecule has 18 heavy (non-hydrogen) atoms. The second kappa shape index (κ2) is 5.83. The van der Waals surface area contributed by atoms with Gasteiger partial charge in [0.25, 0.3) is 0 Å². The Morgan fingerprint density at radius 3 is 2.94 bits per heavy atom. The Morgan fingerprint density at radius 2 is 2.17 bits per heavy atom. The van der Waals surface area contributed by atoms with Gasteiger partial charge in [-0.1, -0.05) is 43.1 Å². The molecule has 0 fully saturated rings. The van der Waals surface area contributed by atoms with Crippen LogP contribution in [-0.4, -0.2) is 17.6 Å². The highest BCUT2D eigenvalue weighted by Crippen LogP contribution is 2.21. The van der Waals surface area contributed by atoms with Crippen molar-refractivity contribution in [3.05, 3.63) is 41.0 Å². The van der Waals surface area contributed by atoms with Gasteiger partial charge in [-0.2, -0.15) is 0 Å². The molecule has 1 aromatic heterocycles. The molecule has 0 N–H and O–H groups in total. The van der Waals surface area contributed by atoms with Crippen LogP contribution in [0.25, 0.3) is 10.9 Å². The molecule has 0 spiro atoms. The topological polar surface area (TPSA) is 39.2 Å². The van der Waals surface area contributed by atoms with Crippen LogP contribution in [0, 0.1) is 0 Å². The zero-order valence-corrected chi connectivity index (χ0v) is 10.9. The first-order chi connectivity index (χ1) is 8.72. The minimum atomic E-state index is -0.344. The van der Waals surface area contributed by atoms with Gasteiger partial charge in [-0.05, 0) is 18.6 Å². The van der Waals surface area contributed by atoms with Crippen LogP contribution in [0.2, 0.25) is 5.15 Å². The first kappa shape index (κ1) is 12.8. The van der Waals surface area contributed by atoms with Crippen molar-refractivity contribution in [3.63, 3.8) is 0 Å². The van der Waals surface area contributed by atoms with E-state index in [1.807, 2.05) is 31.2 Å². The van der Waals surface area contributed by atoms with Crippen molar-refractivity contribution in [3.8, 4) is 0 Å². The van der Waals surface area contributed by atoms with E-state index in [0.717, 1.165) is 18.2 Å². The molecule has 0 aliphatic heterocycles. The Labute approximate surface area is 111 Å². The molecule has 0 saturated carbocycles. The largest absolute Gasteiger partial charge is 0.462 e. The van der Waals surface area contributed by atoms with E-state index in [-0.39, 0.29) is 5.97 Å². The molecule has 94 valence electrons. The second-order valence-electron chi connectivity index (χ2n) is 4.00. The van der Waals surface area contributed by atoms with Crippen LogP contribution >= 0.6 is 11.6 Å². The number of nitrogens with zero attached hydrogens (tertiary/aromatic N) is 1. The summed E-state index contributed by atoms with van der Waals surface area (Å²) in [5, 5.41) is 1.07. The van der Waals surface area contributed by atoms with Gasteiger partial charge in [0.15, 0.2) is 0 Å². The summed E-state index contributed by atoms with van der Waals surface area (Å²) in [7, 11) is 0. The lowest BCUT2D eigenvalue weighted by Crippen LogP contribution is -2.07. The van der Waals surface area contributed by atoms with Gasteiger partial charge in [0.2, 0.25) is 0 Å². The number of halogens is 1. The van der Waals surface area contributed by atoms with E-state index in [4.69, 9.17) is 16.3 Å². The molecular weight excluding hydrogens is 250 g/mol. The normalized spacial score (nSPS) is 10.6. The van der Waals surface area contributed by atoms with Crippen LogP contribution in [0.3, 0.4) is 0 Å². The van der Waals surface area contributed by atoms with Crippen LogP contribution < -0.4 is 0 Å². The van der Waals surface area contributed by atoms with Gasteiger partial charge < -0.3 is 4.74 Å². The molecule has 0 radical (unpaired) electrons. The highest BCUT2D eigenvalue weighted by molar-refractivity contribution is 6.30. The fraction of sp³-hybridized carbons (Fsp3) is 0.286. The number of aromatic nitrogens is 1. The zero-order chi connectivity index (χ0) is 13.0. The number of esters is 1. The van der Waals surface area contributed by atoms with Crippen LogP contribution in [0.15, 0.2) is 30.3 Å². The van der Waals surface area contributed by atoms with Crippen LogP contribution in [0.1, 0.15) is 30.1 Å². The summed E-state index contributed by atoms with van der Waals surface area (Å²) >= 11 is 5.91. The standard InChI is InChI=1S/C14H14ClNO2/c1-2-3-8-18-14(17)11-9-13(15)16-12-7-5-4-6-10(11)12/h4-7,9H,2-3,8H2,1H3. The number of ether oxygens (including phenoxy) is 1. The Kier molecular flexibility index (Phi) is 4.15. The van der Waals surface area contributed by atoms with Crippen LogP contribution in [-0.2, 0) is 4.74 Å². The van der Waals surface area contributed by atoms with E-state index in [0.29, 0.717) is 22.8 Å². The molecule has 2 rings (SSSR count). The smallest absolute Gasteiger partial charge is 0.338 e. The summed E-state index contributed by atoms with van der Waals surface area (Å²) in [6, 6.07) is 8.94. The molecule has 0 bridgehead atoms. The predicted octanol–water partition coefficient (Wildman–Crippen LogP) is 3.85. The number of unbranched alkanes of at least 4 members (excludes halogenated alkanes) is 1. The number of carbonyl (C=O) groups is 1. The van der Waals surface area contributed by atoms with Gasteiger partial charge in [0, 0.05) is 5.39 Å². The maximum atomic E-state index is 12.0. The lowest BCUT2D eigenvalue weighted by atomic mass is 10.1. The molecule has 0 atom stereocenters. The van der Waals surface area contributed by atoms with Crippen LogP contribution in [0.4, 0.5) is 0 Å². The predicted molar refractivity (Wildman–Crippen MR) is 71.9 cm³/mol. The fourth-order valence-electron chi connectivity index (χ4n) is 1.70. The Morgan fingerprint density at radius 1 is 1.39 bits per heavy atom. The number of rotatable bonds is 4. The average Bonchev–Trinajstić information content (AvgIpc) is 2.38. The van der Waals surface area contributed by atoms with Gasteiger partial charge in [-0.3, -0.25) is 0 Å². The van der Waals surface area contributed by atoms with Crippen molar-refractivity contribution in [2.24, 2.45) is 0 Å². The Balaban J connectivity index is 2.34. The number of hydrogen-bond acceptors (Lipinski definition) is 3. The van der Waals surface area contributed by atoms with Crippen molar-refractivity contribution >= 4 is 28.5 Å². The summed E-state index contributed by atoms with van der Waals surface area (Å²) < 4.78 is 5.21. The lowest BCUT2D eigenvalue weighted by Gasteiger charge is -2.07. The van der Waals surface area contributed by atoms with Crippen molar-refractivity contribution < 1.29 is 9.53 Å². The molecule has 0 aliphatic carbocycles. The summed E-state index contributed by atoms with van der Waals surface area (Å²) in [6.45, 7) is 2.48. The van der Waals surface area contributed by atoms with Crippen molar-refractivity contribution in [1.82, 2.24) is 4.98 Å². The summed E-state index contributed by atoms with van der Waals surface area (Å²) in [6.07, 6.45) is 1.85. The molecule has 3 nitrogen and oxygen atoms in total. The number of hydrogen-bond donors (Lipinski definition) is 0. The molecule has 4 heteroatoms. The quantitative estimate of drug-likeness (QED) is 0.478. The molecule has 0 amide bonds. The van der Waals surface area contributed by atoms with E-state index in [1.54, 1.807) is 6.07 Å². The highest BCUT2D eigenvalue weighted by atomic mass is 35.5. The third-order valence-corrected chi connectivity index (χ3v) is 2.83. The Hall–Kier alpha value is -1.61. The average molecular weight is 264 g/mol. The fourth-order valence-corrected chi connectivity index (χ4v) is 1.90. The molecule has 0 saturated heterocycles. The molecule has 1 aromatic carbocycles. The number of fused-ring (bicyclic) bond motifs is 1. The van der Waals surface area contributed by atoms with Crippen molar-refractivity contribution in [1.29, 1.82) is 0 Å². The number of pyridine rings is 1. The minimum absolute atomic E-state index is 0.302. The lowest BCUT2D eigenvalue weighted by molar-refractivity contribution is 0.0502. The molecule has 0 unspecified atom stereocenters. The van der Waals surface area contributed by atoms with Crippen LogP contribution in [0.5, 0.6) is 0 Å². The number of para-hydroxylation sites is 1. The van der Waals surface area contributed by atoms with Gasteiger partial charge >= 0.3 is 5.97 Å². The van der Waals surface area contributed by atoms with E-state index >= 15 is 0 Å². The highest BCUT2D eigenvalue weighted by Gasteiger charge is 2.13. The first-order valence-electron chi connectivity index (χ1n) is 5.94. The molecule has 2 aromatic rings. The maximum Gasteiger partial charge on any atom is 0.338 e. The maximum absolute atomic E-state index is 12.0. The van der Waals surface area contributed by atoms with Gasteiger partial charge in [0.05, 0.1) is 17.7 Å². The zero-order valence-electron chi connectivity index (χ0n) is 10.1. The molecule has 0 aliphatic rings. The van der Waals surface area contributed by atoms with Gasteiger partial charge in [0.1, 0.15) is 5.15 Å². The molecular formula is C14H14ClNO2. The third-order valence-electron chi connectivity index (χ3n) is 2.64.